The molecule has 2 atom stereocenters. The molecule has 1 aromatic carbocycles. The van der Waals surface area contributed by atoms with E-state index < -0.39 is 111 Å². The quantitative estimate of drug-likeness (QED) is 0.466. The van der Waals surface area contributed by atoms with Crippen LogP contribution in [0.3, 0.4) is 0 Å². The summed E-state index contributed by atoms with van der Waals surface area (Å²) >= 11 is 0. The van der Waals surface area contributed by atoms with Gasteiger partial charge in [0.1, 0.15) is 12.6 Å². The van der Waals surface area contributed by atoms with E-state index in [1.54, 1.807) is 0 Å². The van der Waals surface area contributed by atoms with Gasteiger partial charge in [-0.25, -0.2) is 23.4 Å². The summed E-state index contributed by atoms with van der Waals surface area (Å²) in [6.07, 6.45) is -10.0. The van der Waals surface area contributed by atoms with Crippen molar-refractivity contribution in [1.29, 1.82) is 0 Å². The summed E-state index contributed by atoms with van der Waals surface area (Å²) in [5.41, 5.74) is -1.28. The second-order valence-corrected chi connectivity index (χ2v) is 9.28. The van der Waals surface area contributed by atoms with Crippen molar-refractivity contribution in [2.75, 3.05) is 26.1 Å². The molecule has 2 saturated heterocycles. The first-order chi connectivity index (χ1) is 21.2. The molecule has 14 heteroatoms. The molecule has 4 heterocycles. The van der Waals surface area contributed by atoms with Gasteiger partial charge in [-0.05, 0) is 49.4 Å². The van der Waals surface area contributed by atoms with E-state index in [-0.39, 0.29) is 16.1 Å². The number of alkyl halides is 3. The van der Waals surface area contributed by atoms with Gasteiger partial charge >= 0.3 is 17.9 Å². The number of fused-ring (bicyclic) bond motifs is 1. The van der Waals surface area contributed by atoms with Crippen LogP contribution >= 0.6 is 0 Å². The molecule has 0 radical (unpaired) electrons. The van der Waals surface area contributed by atoms with Crippen molar-refractivity contribution in [3.8, 4) is 0 Å². The van der Waals surface area contributed by atoms with E-state index in [1.165, 1.54) is 18.3 Å². The smallest absolute Gasteiger partial charge is 0.331 e. The van der Waals surface area contributed by atoms with Crippen molar-refractivity contribution in [3.05, 3.63) is 64.2 Å². The molecule has 0 saturated carbocycles. The highest BCUT2D eigenvalue weighted by Gasteiger charge is 2.40. The molecule has 0 unspecified atom stereocenters. The number of nitrogens with zero attached hydrogens (tertiary/aromatic N) is 4. The maximum Gasteiger partial charge on any atom is 0.406 e. The van der Waals surface area contributed by atoms with Crippen LogP contribution in [0.5, 0.6) is 0 Å². The fourth-order valence-electron chi connectivity index (χ4n) is 4.72. The van der Waals surface area contributed by atoms with Crippen LogP contribution in [0.2, 0.25) is 0 Å². The first-order valence-electron chi connectivity index (χ1n) is 15.2. The second kappa shape index (κ2) is 10.9. The van der Waals surface area contributed by atoms with Crippen molar-refractivity contribution >= 4 is 23.1 Å². The highest BCUT2D eigenvalue weighted by Crippen LogP contribution is 2.32. The summed E-state index contributed by atoms with van der Waals surface area (Å²) in [4.78, 5) is 46.4. The molecule has 0 bridgehead atoms. The van der Waals surface area contributed by atoms with Crippen LogP contribution in [0.1, 0.15) is 51.3 Å². The molecule has 0 aliphatic carbocycles. The molecule has 0 spiro atoms. The molecule has 2 fully saturated rings. The Balaban J connectivity index is 1.43. The summed E-state index contributed by atoms with van der Waals surface area (Å²) < 4.78 is 122. The van der Waals surface area contributed by atoms with Crippen molar-refractivity contribution in [1.82, 2.24) is 29.7 Å². The zero-order valence-electron chi connectivity index (χ0n) is 26.6. The molecule has 3 aromatic rings. The lowest BCUT2D eigenvalue weighted by molar-refractivity contribution is -0.162. The minimum atomic E-state index is -5.13. The van der Waals surface area contributed by atoms with Gasteiger partial charge in [-0.15, -0.1) is 0 Å². The average Bonchev–Trinajstić information content (AvgIpc) is 3.22. The number of pyridine rings is 1. The number of hydrogen-bond acceptors (Lipinski definition) is 4. The second-order valence-electron chi connectivity index (χ2n) is 9.28. The number of imidazole rings is 1. The van der Waals surface area contributed by atoms with Crippen molar-refractivity contribution in [2.24, 2.45) is 0 Å². The highest BCUT2D eigenvalue weighted by atomic mass is 19.4. The molecule has 2 aliphatic heterocycles. The molecule has 2 aliphatic rings. The van der Waals surface area contributed by atoms with Crippen molar-refractivity contribution in [3.63, 3.8) is 0 Å². The highest BCUT2D eigenvalue weighted by molar-refractivity contribution is 5.87. The Kier molecular flexibility index (Phi) is 5.68. The number of urea groups is 1. The summed E-state index contributed by atoms with van der Waals surface area (Å²) in [5.74, 6) is -6.18. The number of benzene rings is 1. The first-order valence-corrected chi connectivity index (χ1v) is 12.2. The molecule has 2 aromatic heterocycles. The Labute approximate surface area is 233 Å². The zero-order valence-corrected chi connectivity index (χ0v) is 20.6. The summed E-state index contributed by atoms with van der Waals surface area (Å²) in [6.45, 7) is -6.94. The molecule has 214 valence electrons. The molecule has 3 amide bonds. The van der Waals surface area contributed by atoms with Crippen LogP contribution in [0, 0.1) is 11.6 Å². The third-order valence-corrected chi connectivity index (χ3v) is 6.60. The Morgan fingerprint density at radius 2 is 1.88 bits per heavy atom. The minimum Gasteiger partial charge on any atom is -0.331 e. The maximum absolute atomic E-state index is 14.7. The van der Waals surface area contributed by atoms with Gasteiger partial charge in [0.15, 0.2) is 17.3 Å². The van der Waals surface area contributed by atoms with Gasteiger partial charge in [0.05, 0.1) is 8.26 Å². The predicted molar refractivity (Wildman–Crippen MR) is 133 cm³/mol. The zero-order chi connectivity index (χ0) is 34.0. The fraction of sp³-hybridized carbons (Fsp3) is 0.462. The lowest BCUT2D eigenvalue weighted by atomic mass is 9.93. The predicted octanol–water partition coefficient (Wildman–Crippen LogP) is 3.69. The van der Waals surface area contributed by atoms with Gasteiger partial charge in [-0.1, -0.05) is 12.1 Å². The van der Waals surface area contributed by atoms with Gasteiger partial charge in [0.2, 0.25) is 5.91 Å². The van der Waals surface area contributed by atoms with Gasteiger partial charge in [0, 0.05) is 43.2 Å². The van der Waals surface area contributed by atoms with Crippen molar-refractivity contribution in [2.45, 2.75) is 49.8 Å². The van der Waals surface area contributed by atoms with E-state index in [2.05, 4.69) is 15.3 Å². The van der Waals surface area contributed by atoms with E-state index in [0.29, 0.717) is 4.90 Å². The average molecular weight is 573 g/mol. The van der Waals surface area contributed by atoms with Crippen LogP contribution in [0.25, 0.3) is 11.2 Å². The number of carbonyl (C=O) groups is 2. The number of piperidine rings is 1. The first kappa shape index (κ1) is 20.9. The van der Waals surface area contributed by atoms with Gasteiger partial charge in [-0.3, -0.25) is 14.3 Å². The number of amides is 3. The molecule has 5 rings (SSSR count). The molecular weight excluding hydrogens is 539 g/mol. The van der Waals surface area contributed by atoms with E-state index in [0.717, 1.165) is 22.8 Å². The number of carbonyl (C=O) groups excluding carboxylic acids is 2. The number of aromatic amines is 1. The standard InChI is InChI=1S/C26H27F5N6O3/c27-18-4-1-3-17(21(18)28)15-6-7-19(23(38)36(13-15)14-26(29,30)31)33-24(39)35-11-8-16(9-12-35)37-20-5-2-10-32-22(20)34-25(37)40/h1-5,10,15-16,19H,6-9,11-14H2,(H,33,39)(H,32,34,40)/t15-,19-/m1/s1/i8D2,9D2,13D2. The monoisotopic (exact) mass is 572 g/mol. The van der Waals surface area contributed by atoms with Gasteiger partial charge in [-0.2, -0.15) is 13.2 Å². The van der Waals surface area contributed by atoms with Crippen LogP contribution in [0.4, 0.5) is 26.7 Å². The van der Waals surface area contributed by atoms with Crippen LogP contribution in [0.15, 0.2) is 41.3 Å². The summed E-state index contributed by atoms with van der Waals surface area (Å²) in [6, 6.07) is 0.808. The Morgan fingerprint density at radius 1 is 1.12 bits per heavy atom. The molecule has 40 heavy (non-hydrogen) atoms. The number of aromatic nitrogens is 3. The lowest BCUT2D eigenvalue weighted by Gasteiger charge is -2.34. The van der Waals surface area contributed by atoms with Crippen LogP contribution in [-0.4, -0.2) is 74.6 Å². The largest absolute Gasteiger partial charge is 0.406 e. The molecule has 9 nitrogen and oxygen atoms in total. The van der Waals surface area contributed by atoms with Crippen molar-refractivity contribution < 1.29 is 39.8 Å². The number of halogens is 5. The third-order valence-electron chi connectivity index (χ3n) is 6.60. The van der Waals surface area contributed by atoms with E-state index in [9.17, 15) is 36.3 Å². The minimum absolute atomic E-state index is 0.0749. The normalized spacial score (nSPS) is 27.1. The number of likely N-dealkylation sites (tertiary alicyclic amines) is 2. The number of nitrogens with one attached hydrogen (secondary N) is 2. The van der Waals surface area contributed by atoms with E-state index in [1.807, 2.05) is 0 Å². The SMILES string of the molecule is [2H]C1([2H])CN(C(=O)N[C@@H]2CC[C@@H](c3cccc(F)c3F)C([2H])([2H])N(CC(F)(F)F)C2=O)CC([2H])([2H])C1n1c(=O)[nH]c2ncccc21. The number of hydrogen-bond donors (Lipinski definition) is 2. The Hall–Kier alpha value is -3.97. The lowest BCUT2D eigenvalue weighted by Crippen LogP contribution is -2.54. The Morgan fingerprint density at radius 3 is 2.60 bits per heavy atom. The van der Waals surface area contributed by atoms with E-state index in [4.69, 9.17) is 8.22 Å². The van der Waals surface area contributed by atoms with Gasteiger partial charge < -0.3 is 15.1 Å². The molecular formula is C26H27F5N6O3. The summed E-state index contributed by atoms with van der Waals surface area (Å²) in [5, 5.41) is 2.17. The third kappa shape index (κ3) is 5.65. The Bertz CT molecular complexity index is 1720. The summed E-state index contributed by atoms with van der Waals surface area (Å²) in [7, 11) is 0. The van der Waals surface area contributed by atoms with Gasteiger partial charge in [0.25, 0.3) is 0 Å². The fourth-order valence-corrected chi connectivity index (χ4v) is 4.72. The van der Waals surface area contributed by atoms with Crippen LogP contribution < -0.4 is 11.0 Å². The number of rotatable bonds is 4. The topological polar surface area (TPSA) is 103 Å². The molecule has 2 N–H and O–H groups in total. The number of H-pyrrole nitrogens is 1. The van der Waals surface area contributed by atoms with Crippen LogP contribution in [-0.2, 0) is 4.79 Å². The maximum atomic E-state index is 14.7. The van der Waals surface area contributed by atoms with E-state index >= 15 is 0 Å².